The lowest BCUT2D eigenvalue weighted by Gasteiger charge is -2.40. The van der Waals surface area contributed by atoms with Crippen LogP contribution in [0.5, 0.6) is 11.5 Å². The van der Waals surface area contributed by atoms with Crippen molar-refractivity contribution in [3.63, 3.8) is 0 Å². The van der Waals surface area contributed by atoms with Crippen molar-refractivity contribution in [1.82, 2.24) is 0 Å². The molecule has 3 aliphatic rings. The summed E-state index contributed by atoms with van der Waals surface area (Å²) >= 11 is 0. The van der Waals surface area contributed by atoms with Gasteiger partial charge in [0.1, 0.15) is 37.7 Å². The third-order valence-electron chi connectivity index (χ3n) is 7.97. The number of carbonyl (C=O) groups excluding carboxylic acids is 2. The maximum Gasteiger partial charge on any atom is 0.200 e. The van der Waals surface area contributed by atoms with Gasteiger partial charge in [-0.05, 0) is 18.2 Å². The van der Waals surface area contributed by atoms with Crippen LogP contribution in [0.2, 0.25) is 0 Å². The lowest BCUT2D eigenvalue weighted by Crippen LogP contribution is -2.56. The van der Waals surface area contributed by atoms with Gasteiger partial charge in [0.05, 0.1) is 80.2 Å². The molecule has 0 unspecified atom stereocenters. The molecule has 11 nitrogen and oxygen atoms in total. The second-order valence-corrected chi connectivity index (χ2v) is 10.7. The molecule has 0 radical (unpaired) electrons. The highest BCUT2D eigenvalue weighted by Gasteiger charge is 2.44. The highest BCUT2D eigenvalue weighted by Crippen LogP contribution is 2.49. The molecule has 0 amide bonds. The fourth-order valence-corrected chi connectivity index (χ4v) is 5.77. The molecule has 4 N–H and O–H groups in total. The SMILES string of the molecule is C[N+]1(O)CCN(c2c3c(c(N4CC[N+](C)(O)CC4)c4occc24)C(=O)c2c(O)ccc(O)c2C3=O)CC1. The molecule has 2 aromatic carbocycles. The number of fused-ring (bicyclic) bond motifs is 3. The molecule has 194 valence electrons. The molecule has 37 heavy (non-hydrogen) atoms. The van der Waals surface area contributed by atoms with E-state index in [1.54, 1.807) is 20.2 Å². The van der Waals surface area contributed by atoms with E-state index in [0.29, 0.717) is 74.7 Å². The Morgan fingerprint density at radius 2 is 1.14 bits per heavy atom. The van der Waals surface area contributed by atoms with Crippen LogP contribution < -0.4 is 9.80 Å². The number of ketones is 2. The summed E-state index contributed by atoms with van der Waals surface area (Å²) in [7, 11) is 3.44. The van der Waals surface area contributed by atoms with E-state index < -0.39 is 11.6 Å². The van der Waals surface area contributed by atoms with Crippen molar-refractivity contribution < 1.29 is 43.9 Å². The van der Waals surface area contributed by atoms with Crippen molar-refractivity contribution in [3.05, 3.63) is 46.7 Å². The number of hydrogen-bond acceptors (Lipinski definition) is 9. The Kier molecular flexibility index (Phi) is 5.09. The normalized spacial score (nSPS) is 20.8. The van der Waals surface area contributed by atoms with Gasteiger partial charge in [-0.25, -0.2) is 10.4 Å². The highest BCUT2D eigenvalue weighted by atomic mass is 16.5. The molecule has 2 aliphatic heterocycles. The van der Waals surface area contributed by atoms with Gasteiger partial charge in [-0.1, -0.05) is 0 Å². The average Bonchev–Trinajstić information content (AvgIpc) is 3.32. The van der Waals surface area contributed by atoms with Gasteiger partial charge in [0.15, 0.2) is 5.58 Å². The maximum atomic E-state index is 14.1. The molecule has 0 atom stereocenters. The number of hydroxylamine groups is 6. The van der Waals surface area contributed by atoms with Crippen LogP contribution in [0.1, 0.15) is 31.8 Å². The van der Waals surface area contributed by atoms with E-state index in [9.17, 15) is 30.2 Å². The van der Waals surface area contributed by atoms with Crippen molar-refractivity contribution in [2.75, 3.05) is 76.3 Å². The van der Waals surface area contributed by atoms with E-state index >= 15 is 0 Å². The fraction of sp³-hybridized carbons (Fsp3) is 0.385. The van der Waals surface area contributed by atoms with Crippen LogP contribution in [-0.4, -0.2) is 108 Å². The van der Waals surface area contributed by atoms with Crippen molar-refractivity contribution >= 4 is 33.9 Å². The quantitative estimate of drug-likeness (QED) is 0.236. The number of aromatic hydroxyl groups is 2. The van der Waals surface area contributed by atoms with Crippen LogP contribution in [0.25, 0.3) is 11.0 Å². The number of likely N-dealkylation sites (N-methyl/N-ethyl adjacent to an activating group) is 2. The minimum absolute atomic E-state index is 0.122. The Labute approximate surface area is 212 Å². The number of phenolic OH excluding ortho intramolecular Hbond substituents is 2. The van der Waals surface area contributed by atoms with E-state index in [1.807, 2.05) is 9.80 Å². The summed E-state index contributed by atoms with van der Waals surface area (Å²) in [6, 6.07) is 4.18. The first-order valence-electron chi connectivity index (χ1n) is 12.3. The van der Waals surface area contributed by atoms with Gasteiger partial charge in [-0.3, -0.25) is 9.59 Å². The molecule has 1 aliphatic carbocycles. The number of hydrogen-bond donors (Lipinski definition) is 4. The van der Waals surface area contributed by atoms with Gasteiger partial charge in [-0.15, -0.1) is 0 Å². The molecule has 1 aromatic heterocycles. The van der Waals surface area contributed by atoms with Crippen LogP contribution in [0.4, 0.5) is 11.4 Å². The fourth-order valence-electron chi connectivity index (χ4n) is 5.77. The molecule has 3 aromatic rings. The summed E-state index contributed by atoms with van der Waals surface area (Å²) < 4.78 is 5.64. The first kappa shape index (κ1) is 23.7. The lowest BCUT2D eigenvalue weighted by molar-refractivity contribution is -1.09. The van der Waals surface area contributed by atoms with Gasteiger partial charge < -0.3 is 24.4 Å². The third-order valence-corrected chi connectivity index (χ3v) is 7.97. The summed E-state index contributed by atoms with van der Waals surface area (Å²) in [6.45, 7) is 3.34. The summed E-state index contributed by atoms with van der Waals surface area (Å²) in [5.74, 6) is -1.88. The Hall–Kier alpha value is -3.64. The predicted molar refractivity (Wildman–Crippen MR) is 133 cm³/mol. The van der Waals surface area contributed by atoms with Crippen molar-refractivity contribution in [2.45, 2.75) is 0 Å². The number of carbonyl (C=O) groups is 2. The lowest BCUT2D eigenvalue weighted by atomic mass is 9.79. The number of benzene rings is 2. The number of quaternary nitrogens is 2. The van der Waals surface area contributed by atoms with E-state index in [1.165, 1.54) is 18.4 Å². The van der Waals surface area contributed by atoms with Crippen LogP contribution in [-0.2, 0) is 0 Å². The standard InChI is InChI=1S/C26H28N4O7/c1-29(35)10-6-27(7-11-29)22-15-5-14-37-26(15)23(28-8-12-30(2,36)13-9-28)21-20(22)24(33)18-16(31)3-4-17(32)19(18)25(21)34/h3-5,14,35-36H,6-13H2,1-2H3/p+2. The van der Waals surface area contributed by atoms with E-state index in [-0.39, 0.29) is 43.0 Å². The van der Waals surface area contributed by atoms with Crippen LogP contribution in [0.15, 0.2) is 28.9 Å². The third kappa shape index (κ3) is 3.57. The number of rotatable bonds is 2. The minimum atomic E-state index is -0.570. The molecular formula is C26H30N4O7+2. The zero-order valence-electron chi connectivity index (χ0n) is 20.8. The average molecular weight is 511 g/mol. The number of anilines is 2. The van der Waals surface area contributed by atoms with Crippen molar-refractivity contribution in [3.8, 4) is 11.5 Å². The second kappa shape index (κ2) is 7.93. The van der Waals surface area contributed by atoms with Gasteiger partial charge in [0.25, 0.3) is 0 Å². The number of phenols is 2. The second-order valence-electron chi connectivity index (χ2n) is 10.7. The Bertz CT molecular complexity index is 1350. The van der Waals surface area contributed by atoms with Crippen molar-refractivity contribution in [1.29, 1.82) is 0 Å². The minimum Gasteiger partial charge on any atom is -0.507 e. The molecule has 6 rings (SSSR count). The molecule has 0 bridgehead atoms. The van der Waals surface area contributed by atoms with Crippen molar-refractivity contribution in [2.24, 2.45) is 0 Å². The smallest absolute Gasteiger partial charge is 0.200 e. The topological polar surface area (TPSA) is 135 Å². The zero-order valence-corrected chi connectivity index (χ0v) is 20.8. The van der Waals surface area contributed by atoms with Gasteiger partial charge >= 0.3 is 0 Å². The number of piperazine rings is 2. The van der Waals surface area contributed by atoms with Crippen LogP contribution in [0.3, 0.4) is 0 Å². The van der Waals surface area contributed by atoms with Crippen LogP contribution in [0, 0.1) is 0 Å². The monoisotopic (exact) mass is 510 g/mol. The largest absolute Gasteiger partial charge is 0.507 e. The summed E-state index contributed by atoms with van der Waals surface area (Å²) in [6.07, 6.45) is 1.52. The molecule has 0 saturated carbocycles. The number of furan rings is 1. The van der Waals surface area contributed by atoms with E-state index in [0.717, 1.165) is 0 Å². The van der Waals surface area contributed by atoms with Crippen LogP contribution >= 0.6 is 0 Å². The molecule has 3 heterocycles. The summed E-state index contributed by atoms with van der Waals surface area (Å²) in [5.41, 5.74) is 1.25. The molecule has 0 spiro atoms. The predicted octanol–water partition coefficient (Wildman–Crippen LogP) is 1.93. The molecular weight excluding hydrogens is 480 g/mol. The molecule has 11 heteroatoms. The summed E-state index contributed by atoms with van der Waals surface area (Å²) in [5, 5.41) is 42.8. The zero-order chi connectivity index (χ0) is 26.3. The highest BCUT2D eigenvalue weighted by molar-refractivity contribution is 6.36. The Balaban J connectivity index is 1.64. The Morgan fingerprint density at radius 1 is 0.703 bits per heavy atom. The van der Waals surface area contributed by atoms with Gasteiger partial charge in [-0.2, -0.15) is 9.29 Å². The molecule has 2 saturated heterocycles. The van der Waals surface area contributed by atoms with E-state index in [2.05, 4.69) is 0 Å². The van der Waals surface area contributed by atoms with E-state index in [4.69, 9.17) is 4.42 Å². The maximum absolute atomic E-state index is 14.1. The van der Waals surface area contributed by atoms with Gasteiger partial charge in [0, 0.05) is 5.39 Å². The molecule has 2 fully saturated rings. The Morgan fingerprint density at radius 3 is 1.62 bits per heavy atom. The first-order chi connectivity index (χ1) is 17.5. The number of nitrogens with zero attached hydrogens (tertiary/aromatic N) is 4. The van der Waals surface area contributed by atoms with Gasteiger partial charge in [0.2, 0.25) is 11.6 Å². The first-order valence-corrected chi connectivity index (χ1v) is 12.3. The summed E-state index contributed by atoms with van der Waals surface area (Å²) in [4.78, 5) is 32.2.